The van der Waals surface area contributed by atoms with E-state index < -0.39 is 13.6 Å². The van der Waals surface area contributed by atoms with Gasteiger partial charge in [0.1, 0.15) is 11.1 Å². The highest BCUT2D eigenvalue weighted by Crippen LogP contribution is 2.57. The fraction of sp³-hybridized carbons (Fsp3) is 0.438. The molecule has 0 saturated heterocycles. The summed E-state index contributed by atoms with van der Waals surface area (Å²) in [6.07, 6.45) is 1.43. The van der Waals surface area contributed by atoms with Crippen LogP contribution in [0.4, 0.5) is 0 Å². The minimum atomic E-state index is -3.78. The third-order valence-electron chi connectivity index (χ3n) is 2.81. The van der Waals surface area contributed by atoms with Gasteiger partial charge in [-0.1, -0.05) is 18.2 Å². The van der Waals surface area contributed by atoms with Gasteiger partial charge in [0.05, 0.1) is 26.9 Å². The molecule has 0 aromatic heterocycles. The molecule has 0 aliphatic heterocycles. The summed E-state index contributed by atoms with van der Waals surface area (Å²) in [5.74, 6) is -0.197. The zero-order chi connectivity index (χ0) is 17.3. The minimum absolute atomic E-state index is 0.139. The molecule has 0 radical (unpaired) electrons. The van der Waals surface area contributed by atoms with Crippen molar-refractivity contribution in [3.8, 4) is 5.75 Å². The van der Waals surface area contributed by atoms with Gasteiger partial charge >= 0.3 is 13.6 Å². The molecule has 0 fully saturated rings. The normalized spacial score (nSPS) is 12.1. The van der Waals surface area contributed by atoms with E-state index in [2.05, 4.69) is 0 Å². The number of para-hydroxylation sites is 1. The topological polar surface area (TPSA) is 71.1 Å². The van der Waals surface area contributed by atoms with E-state index in [1.165, 1.54) is 13.2 Å². The lowest BCUT2D eigenvalue weighted by atomic mass is 10.2. The number of ether oxygens (including phenoxy) is 2. The number of benzene rings is 1. The first-order valence-electron chi connectivity index (χ1n) is 7.43. The molecule has 7 heteroatoms. The van der Waals surface area contributed by atoms with Crippen molar-refractivity contribution in [1.82, 2.24) is 0 Å². The van der Waals surface area contributed by atoms with Crippen molar-refractivity contribution >= 4 is 19.6 Å². The zero-order valence-corrected chi connectivity index (χ0v) is 14.8. The maximum Gasteiger partial charge on any atom is 0.368 e. The number of esters is 1. The fourth-order valence-electron chi connectivity index (χ4n) is 1.90. The second-order valence-corrected chi connectivity index (χ2v) is 6.32. The van der Waals surface area contributed by atoms with Crippen molar-refractivity contribution in [3.63, 3.8) is 0 Å². The summed E-state index contributed by atoms with van der Waals surface area (Å²) in [6.45, 7) is 5.46. The van der Waals surface area contributed by atoms with Crippen LogP contribution >= 0.6 is 7.60 Å². The van der Waals surface area contributed by atoms with E-state index in [1.807, 2.05) is 0 Å². The van der Waals surface area contributed by atoms with Crippen LogP contribution in [0, 0.1) is 0 Å². The van der Waals surface area contributed by atoms with Crippen molar-refractivity contribution in [2.75, 3.05) is 26.9 Å². The molecule has 0 unspecified atom stereocenters. The Hall–Kier alpha value is -1.62. The average molecular weight is 342 g/mol. The van der Waals surface area contributed by atoms with E-state index in [0.717, 1.165) is 0 Å². The third-order valence-corrected chi connectivity index (χ3v) is 4.91. The van der Waals surface area contributed by atoms with Gasteiger partial charge in [-0.3, -0.25) is 4.57 Å². The van der Waals surface area contributed by atoms with Crippen LogP contribution in [0.5, 0.6) is 5.75 Å². The molecule has 0 bridgehead atoms. The Morgan fingerprint density at radius 3 is 2.22 bits per heavy atom. The van der Waals surface area contributed by atoms with Crippen LogP contribution in [0.2, 0.25) is 0 Å². The summed E-state index contributed by atoms with van der Waals surface area (Å²) < 4.78 is 33.8. The van der Waals surface area contributed by atoms with Gasteiger partial charge in [-0.05, 0) is 32.9 Å². The predicted molar refractivity (Wildman–Crippen MR) is 88.5 cm³/mol. The van der Waals surface area contributed by atoms with Gasteiger partial charge in [0.25, 0.3) is 0 Å². The lowest BCUT2D eigenvalue weighted by Gasteiger charge is -2.19. The molecule has 128 valence electrons. The number of rotatable bonds is 9. The van der Waals surface area contributed by atoms with Gasteiger partial charge in [-0.15, -0.1) is 0 Å². The van der Waals surface area contributed by atoms with E-state index in [4.69, 9.17) is 18.5 Å². The number of carbonyl (C=O) groups excluding carboxylic acids is 1. The van der Waals surface area contributed by atoms with Crippen LogP contribution in [0.15, 0.2) is 29.6 Å². The third kappa shape index (κ3) is 5.20. The van der Waals surface area contributed by atoms with E-state index in [1.54, 1.807) is 45.0 Å². The molecule has 1 aromatic rings. The van der Waals surface area contributed by atoms with Gasteiger partial charge in [0, 0.05) is 5.56 Å². The van der Waals surface area contributed by atoms with Crippen molar-refractivity contribution in [2.45, 2.75) is 20.8 Å². The Morgan fingerprint density at radius 1 is 1.09 bits per heavy atom. The molecule has 1 rings (SSSR count). The maximum absolute atomic E-state index is 13.0. The Morgan fingerprint density at radius 2 is 1.70 bits per heavy atom. The molecular weight excluding hydrogens is 319 g/mol. The minimum Gasteiger partial charge on any atom is -0.496 e. The number of hydrogen-bond acceptors (Lipinski definition) is 6. The van der Waals surface area contributed by atoms with Crippen molar-refractivity contribution < 1.29 is 27.9 Å². The first-order chi connectivity index (χ1) is 11.0. The lowest BCUT2D eigenvalue weighted by molar-refractivity contribution is -0.137. The molecule has 1 aromatic carbocycles. The summed E-state index contributed by atoms with van der Waals surface area (Å²) in [5, 5.41) is -0.146. The summed E-state index contributed by atoms with van der Waals surface area (Å²) in [6, 6.07) is 7.05. The van der Waals surface area contributed by atoms with Gasteiger partial charge in [0.2, 0.25) is 0 Å². The van der Waals surface area contributed by atoms with Crippen LogP contribution in [-0.2, 0) is 23.1 Å². The second kappa shape index (κ2) is 9.50. The smallest absolute Gasteiger partial charge is 0.368 e. The molecule has 23 heavy (non-hydrogen) atoms. The summed E-state index contributed by atoms with van der Waals surface area (Å²) in [7, 11) is -2.26. The Kier molecular flexibility index (Phi) is 8.03. The summed E-state index contributed by atoms with van der Waals surface area (Å²) in [4.78, 5) is 12.3. The lowest BCUT2D eigenvalue weighted by Crippen LogP contribution is -2.11. The van der Waals surface area contributed by atoms with E-state index >= 15 is 0 Å². The number of methoxy groups -OCH3 is 1. The predicted octanol–water partition coefficient (Wildman–Crippen LogP) is 3.87. The van der Waals surface area contributed by atoms with Gasteiger partial charge in [-0.25, -0.2) is 4.79 Å². The number of carbonyl (C=O) groups is 1. The average Bonchev–Trinajstić information content (AvgIpc) is 2.53. The zero-order valence-electron chi connectivity index (χ0n) is 13.9. The van der Waals surface area contributed by atoms with E-state index in [9.17, 15) is 9.36 Å². The van der Waals surface area contributed by atoms with Crippen LogP contribution in [-0.4, -0.2) is 32.9 Å². The molecule has 0 atom stereocenters. The van der Waals surface area contributed by atoms with E-state index in [0.29, 0.717) is 11.3 Å². The summed E-state index contributed by atoms with van der Waals surface area (Å²) >= 11 is 0. The molecule has 0 amide bonds. The van der Waals surface area contributed by atoms with Crippen LogP contribution in [0.1, 0.15) is 26.3 Å². The molecule has 0 aliphatic rings. The molecule has 0 aliphatic carbocycles. The maximum atomic E-state index is 13.0. The molecule has 0 heterocycles. The highest BCUT2D eigenvalue weighted by Gasteiger charge is 2.36. The van der Waals surface area contributed by atoms with Crippen molar-refractivity contribution in [3.05, 3.63) is 35.1 Å². The van der Waals surface area contributed by atoms with E-state index in [-0.39, 0.29) is 25.1 Å². The van der Waals surface area contributed by atoms with Gasteiger partial charge in [-0.2, -0.15) is 0 Å². The monoisotopic (exact) mass is 342 g/mol. The summed E-state index contributed by atoms with van der Waals surface area (Å²) in [5.41, 5.74) is 0.581. The van der Waals surface area contributed by atoms with Gasteiger partial charge in [0.15, 0.2) is 0 Å². The SMILES string of the molecule is CCOC(=O)/C(=C\c1ccccc1OC)P(=O)(OCC)OCC. The molecule has 0 saturated carbocycles. The Balaban J connectivity index is 3.42. The highest BCUT2D eigenvalue weighted by atomic mass is 31.2. The number of hydrogen-bond donors (Lipinski definition) is 0. The first kappa shape index (κ1) is 19.4. The van der Waals surface area contributed by atoms with Crippen LogP contribution in [0.25, 0.3) is 6.08 Å². The van der Waals surface area contributed by atoms with Crippen LogP contribution in [0.3, 0.4) is 0 Å². The molecule has 6 nitrogen and oxygen atoms in total. The Bertz CT molecular complexity index is 586. The van der Waals surface area contributed by atoms with Crippen molar-refractivity contribution in [1.29, 1.82) is 0 Å². The van der Waals surface area contributed by atoms with Crippen molar-refractivity contribution in [2.24, 2.45) is 0 Å². The largest absolute Gasteiger partial charge is 0.496 e. The second-order valence-electron chi connectivity index (χ2n) is 4.33. The standard InChI is InChI=1S/C16H23O6P/c1-5-20-16(17)15(23(18,21-6-2)22-7-3)12-13-10-8-9-11-14(13)19-4/h8-12H,5-7H2,1-4H3/b15-12+. The Labute approximate surface area is 136 Å². The molecule has 0 N–H and O–H groups in total. The molecule has 0 spiro atoms. The quantitative estimate of drug-likeness (QED) is 0.385. The van der Waals surface area contributed by atoms with Gasteiger partial charge < -0.3 is 18.5 Å². The first-order valence-corrected chi connectivity index (χ1v) is 8.98. The van der Waals surface area contributed by atoms with Crippen LogP contribution < -0.4 is 4.74 Å². The highest BCUT2D eigenvalue weighted by molar-refractivity contribution is 7.60. The molecular formula is C16H23O6P. The fourth-order valence-corrected chi connectivity index (χ4v) is 3.52.